The quantitative estimate of drug-likeness (QED) is 0.669. The van der Waals surface area contributed by atoms with E-state index in [1.54, 1.807) is 0 Å². The Morgan fingerprint density at radius 1 is 1.06 bits per heavy atom. The van der Waals surface area contributed by atoms with Crippen LogP contribution in [0.2, 0.25) is 0 Å². The number of aromatic nitrogens is 1. The van der Waals surface area contributed by atoms with Gasteiger partial charge in [-0.3, -0.25) is 10.2 Å². The first-order chi connectivity index (χ1) is 14.5. The lowest BCUT2D eigenvalue weighted by Gasteiger charge is -2.20. The molecule has 0 fully saturated rings. The van der Waals surface area contributed by atoms with E-state index in [9.17, 15) is 18.0 Å². The minimum absolute atomic E-state index is 0.114. The monoisotopic (exact) mass is 445 g/mol. The summed E-state index contributed by atoms with van der Waals surface area (Å²) in [6.45, 7) is 7.83. The van der Waals surface area contributed by atoms with E-state index in [1.165, 1.54) is 6.08 Å². The summed E-state index contributed by atoms with van der Waals surface area (Å²) >= 11 is 0.235. The molecule has 0 unspecified atom stereocenters. The number of hydrazone groups is 1. The zero-order valence-corrected chi connectivity index (χ0v) is 17.9. The van der Waals surface area contributed by atoms with Gasteiger partial charge in [0, 0.05) is 17.1 Å². The number of amidine groups is 2. The van der Waals surface area contributed by atoms with Crippen molar-refractivity contribution in [2.45, 2.75) is 33.9 Å². The summed E-state index contributed by atoms with van der Waals surface area (Å²) in [6, 6.07) is 8.02. The van der Waals surface area contributed by atoms with E-state index in [1.807, 2.05) is 50.5 Å². The fourth-order valence-corrected chi connectivity index (χ4v) is 4.43. The van der Waals surface area contributed by atoms with Crippen molar-refractivity contribution in [1.82, 2.24) is 9.58 Å². The van der Waals surface area contributed by atoms with Crippen molar-refractivity contribution in [3.8, 4) is 5.69 Å². The Kier molecular flexibility index (Phi) is 4.92. The zero-order valence-electron chi connectivity index (χ0n) is 17.1. The number of carbonyl (C=O) groups is 1. The topological polar surface area (TPSA) is 73.8 Å². The Balaban J connectivity index is 1.76. The molecule has 2 aromatic rings. The van der Waals surface area contributed by atoms with Gasteiger partial charge in [-0.15, -0.1) is 0 Å². The van der Waals surface area contributed by atoms with Crippen molar-refractivity contribution in [3.05, 3.63) is 57.9 Å². The molecule has 0 atom stereocenters. The van der Waals surface area contributed by atoms with Crippen molar-refractivity contribution >= 4 is 39.8 Å². The molecule has 1 amide bonds. The Bertz CT molecular complexity index is 1220. The van der Waals surface area contributed by atoms with Crippen LogP contribution in [0.3, 0.4) is 0 Å². The molecule has 0 saturated heterocycles. The van der Waals surface area contributed by atoms with Gasteiger partial charge in [0.05, 0.1) is 5.57 Å². The molecule has 2 aliphatic rings. The van der Waals surface area contributed by atoms with Crippen LogP contribution in [0.1, 0.15) is 28.1 Å². The average Bonchev–Trinajstić information content (AvgIpc) is 3.19. The number of hydrogen-bond donors (Lipinski definition) is 1. The summed E-state index contributed by atoms with van der Waals surface area (Å²) < 4.78 is 41.0. The van der Waals surface area contributed by atoms with E-state index >= 15 is 0 Å². The highest BCUT2D eigenvalue weighted by atomic mass is 32.2. The summed E-state index contributed by atoms with van der Waals surface area (Å²) in [5, 5.41) is 11.0. The van der Waals surface area contributed by atoms with Gasteiger partial charge < -0.3 is 4.57 Å². The highest BCUT2D eigenvalue weighted by molar-refractivity contribution is 8.27. The molecule has 1 N–H and O–H groups in total. The van der Waals surface area contributed by atoms with Crippen LogP contribution in [0.4, 0.5) is 13.2 Å². The fourth-order valence-electron chi connectivity index (χ4n) is 3.67. The number of fused-ring (bicyclic) bond motifs is 1. The molecule has 4 rings (SSSR count). The van der Waals surface area contributed by atoms with Crippen LogP contribution < -0.4 is 0 Å². The van der Waals surface area contributed by atoms with Crippen molar-refractivity contribution in [2.24, 2.45) is 10.1 Å². The molecule has 0 aliphatic carbocycles. The number of amides is 1. The number of hydrogen-bond acceptors (Lipinski definition) is 4. The van der Waals surface area contributed by atoms with Crippen LogP contribution in [0.25, 0.3) is 11.8 Å². The summed E-state index contributed by atoms with van der Waals surface area (Å²) in [5.41, 5.74) is 5.50. The Morgan fingerprint density at radius 2 is 1.71 bits per heavy atom. The second-order valence-electron chi connectivity index (χ2n) is 7.43. The number of thioether (sulfide) groups is 1. The first-order valence-corrected chi connectivity index (χ1v) is 10.1. The number of benzene rings is 1. The van der Waals surface area contributed by atoms with E-state index in [2.05, 4.69) is 16.2 Å². The van der Waals surface area contributed by atoms with Gasteiger partial charge in [-0.2, -0.15) is 28.3 Å². The third kappa shape index (κ3) is 3.71. The molecule has 1 aromatic heterocycles. The predicted octanol–water partition coefficient (Wildman–Crippen LogP) is 4.89. The molecule has 0 saturated carbocycles. The fraction of sp³-hybridized carbons (Fsp3) is 0.238. The van der Waals surface area contributed by atoms with Gasteiger partial charge in [0.1, 0.15) is 0 Å². The van der Waals surface area contributed by atoms with Crippen molar-refractivity contribution in [1.29, 1.82) is 5.41 Å². The summed E-state index contributed by atoms with van der Waals surface area (Å²) in [5.74, 6) is -1.20. The summed E-state index contributed by atoms with van der Waals surface area (Å²) in [4.78, 5) is 16.2. The third-order valence-corrected chi connectivity index (χ3v) is 5.89. The van der Waals surface area contributed by atoms with Crippen LogP contribution >= 0.6 is 11.8 Å². The van der Waals surface area contributed by atoms with E-state index < -0.39 is 23.0 Å². The standard InChI is InChI=1S/C21H18F3N5OS/c1-10-5-11(2)7-15(6-10)28-12(3)8-14(13(28)4)9-16-17(25)29-20(26-18(16)30)31-19(27-29)21(22,23)24/h5-9,25H,1-4H3/b16-9-,25-17?. The lowest BCUT2D eigenvalue weighted by atomic mass is 10.1. The molecular formula is C21H18F3N5OS. The number of alkyl halides is 3. The van der Waals surface area contributed by atoms with Crippen LogP contribution in [-0.4, -0.2) is 37.7 Å². The van der Waals surface area contributed by atoms with Crippen LogP contribution in [0.5, 0.6) is 0 Å². The van der Waals surface area contributed by atoms with E-state index in [-0.39, 0.29) is 22.5 Å². The molecule has 1 aromatic carbocycles. The van der Waals surface area contributed by atoms with Gasteiger partial charge in [0.15, 0.2) is 5.84 Å². The molecule has 0 bridgehead atoms. The highest BCUT2D eigenvalue weighted by Crippen LogP contribution is 2.35. The molecule has 0 radical (unpaired) electrons. The summed E-state index contributed by atoms with van der Waals surface area (Å²) in [7, 11) is 0. The second kappa shape index (κ2) is 7.23. The van der Waals surface area contributed by atoms with Crippen LogP contribution in [-0.2, 0) is 4.79 Å². The average molecular weight is 445 g/mol. The number of nitrogens with zero attached hydrogens (tertiary/aromatic N) is 4. The number of nitrogens with one attached hydrogen (secondary N) is 1. The zero-order chi connectivity index (χ0) is 22.7. The van der Waals surface area contributed by atoms with Gasteiger partial charge in [-0.05, 0) is 80.4 Å². The second-order valence-corrected chi connectivity index (χ2v) is 8.39. The lowest BCUT2D eigenvalue weighted by Crippen LogP contribution is -2.35. The van der Waals surface area contributed by atoms with Crippen molar-refractivity contribution in [3.63, 3.8) is 0 Å². The molecule has 160 valence electrons. The minimum atomic E-state index is -4.67. The molecule has 0 spiro atoms. The van der Waals surface area contributed by atoms with Gasteiger partial charge in [-0.1, -0.05) is 6.07 Å². The Hall–Kier alpha value is -3.14. The van der Waals surface area contributed by atoms with E-state index in [0.29, 0.717) is 5.56 Å². The number of halogens is 3. The number of rotatable bonds is 2. The maximum absolute atomic E-state index is 13.0. The van der Waals surface area contributed by atoms with Gasteiger partial charge in [-0.25, -0.2) is 0 Å². The van der Waals surface area contributed by atoms with Crippen molar-refractivity contribution in [2.75, 3.05) is 0 Å². The Labute approximate surface area is 180 Å². The summed E-state index contributed by atoms with van der Waals surface area (Å²) in [6.07, 6.45) is -3.19. The predicted molar refractivity (Wildman–Crippen MR) is 116 cm³/mol. The minimum Gasteiger partial charge on any atom is -0.318 e. The number of aryl methyl sites for hydroxylation is 3. The molecule has 2 aliphatic heterocycles. The molecule has 3 heterocycles. The normalized spacial score (nSPS) is 17.9. The van der Waals surface area contributed by atoms with Gasteiger partial charge >= 0.3 is 6.18 Å². The smallest absolute Gasteiger partial charge is 0.318 e. The molecular weight excluding hydrogens is 427 g/mol. The van der Waals surface area contributed by atoms with Crippen LogP contribution in [0, 0.1) is 33.1 Å². The SMILES string of the molecule is Cc1cc(C)cc(-n2c(C)cc(/C=C3/C(=N)N4N=C(C(F)(F)F)SC4=NC3=O)c2C)c1. The van der Waals surface area contributed by atoms with Crippen molar-refractivity contribution < 1.29 is 18.0 Å². The molecule has 31 heavy (non-hydrogen) atoms. The van der Waals surface area contributed by atoms with E-state index in [0.717, 1.165) is 33.2 Å². The van der Waals surface area contributed by atoms with Gasteiger partial charge in [0.2, 0.25) is 10.2 Å². The molecule has 10 heteroatoms. The van der Waals surface area contributed by atoms with Gasteiger partial charge in [0.25, 0.3) is 5.91 Å². The lowest BCUT2D eigenvalue weighted by molar-refractivity contribution is -0.114. The third-order valence-electron chi connectivity index (χ3n) is 4.93. The maximum atomic E-state index is 13.0. The first kappa shape index (κ1) is 21.1. The van der Waals surface area contributed by atoms with Crippen LogP contribution in [0.15, 0.2) is 39.9 Å². The number of carbonyl (C=O) groups excluding carboxylic acids is 1. The number of aliphatic imine (C=N–C) groups is 1. The first-order valence-electron chi connectivity index (χ1n) is 9.30. The highest BCUT2D eigenvalue weighted by Gasteiger charge is 2.46. The Morgan fingerprint density at radius 3 is 2.32 bits per heavy atom. The maximum Gasteiger partial charge on any atom is 0.441 e. The molecule has 6 nitrogen and oxygen atoms in total. The largest absolute Gasteiger partial charge is 0.441 e. The van der Waals surface area contributed by atoms with E-state index in [4.69, 9.17) is 5.41 Å².